The lowest BCUT2D eigenvalue weighted by Gasteiger charge is -2.21. The molecule has 0 unspecified atom stereocenters. The second-order valence-electron chi connectivity index (χ2n) is 5.87. The number of carbonyl (C=O) groups is 2. The first-order valence-corrected chi connectivity index (χ1v) is 8.10. The van der Waals surface area contributed by atoms with Crippen molar-refractivity contribution in [3.05, 3.63) is 64.2 Å². The van der Waals surface area contributed by atoms with Crippen LogP contribution < -0.4 is 5.32 Å². The molecule has 2 aromatic carbocycles. The van der Waals surface area contributed by atoms with Crippen LogP contribution in [0.15, 0.2) is 42.5 Å². The highest BCUT2D eigenvalue weighted by atomic mass is 35.5. The van der Waals surface area contributed by atoms with E-state index in [4.69, 9.17) is 11.6 Å². The van der Waals surface area contributed by atoms with Crippen LogP contribution in [0.5, 0.6) is 0 Å². The molecular weight excluding hydrogens is 324 g/mol. The van der Waals surface area contributed by atoms with Crippen molar-refractivity contribution in [1.29, 1.82) is 0 Å². The van der Waals surface area contributed by atoms with E-state index in [2.05, 4.69) is 5.32 Å². The van der Waals surface area contributed by atoms with Crippen molar-refractivity contribution in [2.45, 2.75) is 27.3 Å². The van der Waals surface area contributed by atoms with Crippen LogP contribution in [0.1, 0.15) is 23.6 Å². The van der Waals surface area contributed by atoms with Gasteiger partial charge in [0.25, 0.3) is 0 Å². The van der Waals surface area contributed by atoms with Crippen molar-refractivity contribution in [2.24, 2.45) is 0 Å². The summed E-state index contributed by atoms with van der Waals surface area (Å²) in [4.78, 5) is 25.6. The zero-order chi connectivity index (χ0) is 17.7. The minimum Gasteiger partial charge on any atom is -0.329 e. The molecule has 24 heavy (non-hydrogen) atoms. The molecule has 0 atom stereocenters. The second-order valence-corrected chi connectivity index (χ2v) is 6.30. The predicted octanol–water partition coefficient (Wildman–Crippen LogP) is 3.94. The number of anilines is 1. The molecule has 0 aliphatic heterocycles. The van der Waals surface area contributed by atoms with Crippen molar-refractivity contribution in [3.8, 4) is 0 Å². The number of amides is 2. The monoisotopic (exact) mass is 344 g/mol. The van der Waals surface area contributed by atoms with Gasteiger partial charge in [-0.2, -0.15) is 0 Å². The van der Waals surface area contributed by atoms with Gasteiger partial charge in [-0.05, 0) is 43.2 Å². The lowest BCUT2D eigenvalue weighted by Crippen LogP contribution is -2.36. The molecule has 0 fully saturated rings. The summed E-state index contributed by atoms with van der Waals surface area (Å²) >= 11 is 5.87. The number of hydrogen-bond acceptors (Lipinski definition) is 2. The Hall–Kier alpha value is -2.33. The van der Waals surface area contributed by atoms with Gasteiger partial charge < -0.3 is 10.2 Å². The molecule has 1 N–H and O–H groups in total. The van der Waals surface area contributed by atoms with Gasteiger partial charge >= 0.3 is 0 Å². The number of rotatable bonds is 5. The fourth-order valence-corrected chi connectivity index (χ4v) is 2.53. The second kappa shape index (κ2) is 7.97. The first-order valence-electron chi connectivity index (χ1n) is 7.72. The van der Waals surface area contributed by atoms with Crippen LogP contribution in [0.2, 0.25) is 5.02 Å². The maximum absolute atomic E-state index is 12.3. The van der Waals surface area contributed by atoms with E-state index in [1.807, 2.05) is 44.2 Å². The van der Waals surface area contributed by atoms with E-state index in [0.29, 0.717) is 11.6 Å². The lowest BCUT2D eigenvalue weighted by atomic mass is 10.1. The molecule has 126 valence electrons. The minimum atomic E-state index is -0.217. The smallest absolute Gasteiger partial charge is 0.244 e. The molecule has 0 heterocycles. The normalized spacial score (nSPS) is 10.3. The van der Waals surface area contributed by atoms with Gasteiger partial charge in [-0.25, -0.2) is 0 Å². The highest BCUT2D eigenvalue weighted by Crippen LogP contribution is 2.16. The van der Waals surface area contributed by atoms with Crippen molar-refractivity contribution in [2.75, 3.05) is 11.9 Å². The summed E-state index contributed by atoms with van der Waals surface area (Å²) in [6.07, 6.45) is 0. The number of aryl methyl sites for hydroxylation is 2. The van der Waals surface area contributed by atoms with Crippen LogP contribution in [-0.4, -0.2) is 23.3 Å². The molecule has 0 aliphatic rings. The minimum absolute atomic E-state index is 0.00523. The summed E-state index contributed by atoms with van der Waals surface area (Å²) in [6, 6.07) is 13.1. The topological polar surface area (TPSA) is 49.4 Å². The summed E-state index contributed by atoms with van der Waals surface area (Å²) in [6.45, 7) is 5.78. The zero-order valence-corrected chi connectivity index (χ0v) is 14.9. The van der Waals surface area contributed by atoms with Gasteiger partial charge in [-0.15, -0.1) is 0 Å². The third-order valence-electron chi connectivity index (χ3n) is 3.72. The molecule has 0 spiro atoms. The van der Waals surface area contributed by atoms with Gasteiger partial charge in [0.15, 0.2) is 0 Å². The van der Waals surface area contributed by atoms with Gasteiger partial charge in [-0.1, -0.05) is 41.4 Å². The van der Waals surface area contributed by atoms with Crippen LogP contribution in [-0.2, 0) is 16.1 Å². The number of nitrogens with zero attached hydrogens (tertiary/aromatic N) is 1. The van der Waals surface area contributed by atoms with Crippen LogP contribution in [0.4, 0.5) is 5.69 Å². The highest BCUT2D eigenvalue weighted by Gasteiger charge is 2.15. The quantitative estimate of drug-likeness (QED) is 0.893. The first kappa shape index (κ1) is 18.0. The van der Waals surface area contributed by atoms with Crippen molar-refractivity contribution in [3.63, 3.8) is 0 Å². The van der Waals surface area contributed by atoms with Gasteiger partial charge in [0.1, 0.15) is 6.54 Å². The molecule has 0 saturated carbocycles. The fourth-order valence-electron chi connectivity index (χ4n) is 2.41. The Morgan fingerprint density at radius 1 is 1.08 bits per heavy atom. The Kier molecular flexibility index (Phi) is 5.99. The Morgan fingerprint density at radius 3 is 2.33 bits per heavy atom. The molecule has 4 nitrogen and oxygen atoms in total. The molecule has 2 rings (SSSR count). The highest BCUT2D eigenvalue weighted by molar-refractivity contribution is 6.30. The Labute approximate surface area is 147 Å². The van der Waals surface area contributed by atoms with Gasteiger partial charge in [0.2, 0.25) is 11.8 Å². The molecule has 0 aliphatic carbocycles. The lowest BCUT2D eigenvalue weighted by molar-refractivity contribution is -0.133. The van der Waals surface area contributed by atoms with Gasteiger partial charge in [-0.3, -0.25) is 9.59 Å². The maximum Gasteiger partial charge on any atom is 0.244 e. The first-order chi connectivity index (χ1) is 11.3. The van der Waals surface area contributed by atoms with Gasteiger partial charge in [0.05, 0.1) is 0 Å². The van der Waals surface area contributed by atoms with E-state index in [1.165, 1.54) is 11.8 Å². The van der Waals surface area contributed by atoms with Crippen molar-refractivity contribution in [1.82, 2.24) is 4.90 Å². The standard InChI is InChI=1S/C19H21ClN2O2/c1-13-4-9-18(14(2)10-13)21-19(24)12-22(15(3)23)11-16-5-7-17(20)8-6-16/h4-10H,11-12H2,1-3H3,(H,21,24). The third-order valence-corrected chi connectivity index (χ3v) is 3.97. The van der Waals surface area contributed by atoms with Crippen LogP contribution in [0.25, 0.3) is 0 Å². The number of carbonyl (C=O) groups excluding carboxylic acids is 2. The molecule has 2 aromatic rings. The van der Waals surface area contributed by atoms with E-state index in [0.717, 1.165) is 22.4 Å². The number of hydrogen-bond donors (Lipinski definition) is 1. The summed E-state index contributed by atoms with van der Waals surface area (Å²) in [5, 5.41) is 3.50. The summed E-state index contributed by atoms with van der Waals surface area (Å²) < 4.78 is 0. The summed E-state index contributed by atoms with van der Waals surface area (Å²) in [5.74, 6) is -0.369. The van der Waals surface area contributed by atoms with Gasteiger partial charge in [0, 0.05) is 24.2 Å². The van der Waals surface area contributed by atoms with E-state index >= 15 is 0 Å². The van der Waals surface area contributed by atoms with E-state index < -0.39 is 0 Å². The molecule has 2 amide bonds. The van der Waals surface area contributed by atoms with Crippen molar-refractivity contribution < 1.29 is 9.59 Å². The average Bonchev–Trinajstić information content (AvgIpc) is 2.51. The van der Waals surface area contributed by atoms with E-state index in [-0.39, 0.29) is 18.4 Å². The number of halogens is 1. The molecule has 0 saturated heterocycles. The fraction of sp³-hybridized carbons (Fsp3) is 0.263. The Balaban J connectivity index is 2.02. The molecule has 0 bridgehead atoms. The molecule has 0 aromatic heterocycles. The Bertz CT molecular complexity index is 742. The van der Waals surface area contributed by atoms with Crippen LogP contribution in [0, 0.1) is 13.8 Å². The largest absolute Gasteiger partial charge is 0.329 e. The van der Waals surface area contributed by atoms with E-state index in [1.54, 1.807) is 12.1 Å². The molecular formula is C19H21ClN2O2. The maximum atomic E-state index is 12.3. The van der Waals surface area contributed by atoms with Crippen LogP contribution in [0.3, 0.4) is 0 Å². The van der Waals surface area contributed by atoms with Crippen molar-refractivity contribution >= 4 is 29.1 Å². The van der Waals surface area contributed by atoms with Crippen LogP contribution >= 0.6 is 11.6 Å². The number of benzene rings is 2. The molecule has 5 heteroatoms. The molecule has 0 radical (unpaired) electrons. The predicted molar refractivity (Wildman–Crippen MR) is 97.1 cm³/mol. The third kappa shape index (κ3) is 5.10. The Morgan fingerprint density at radius 2 is 1.75 bits per heavy atom. The summed E-state index contributed by atoms with van der Waals surface area (Å²) in [5.41, 5.74) is 3.82. The SMILES string of the molecule is CC(=O)N(CC(=O)Nc1ccc(C)cc1C)Cc1ccc(Cl)cc1. The zero-order valence-electron chi connectivity index (χ0n) is 14.1. The average molecular weight is 345 g/mol. The van der Waals surface area contributed by atoms with E-state index in [9.17, 15) is 9.59 Å². The number of nitrogens with one attached hydrogen (secondary N) is 1. The summed E-state index contributed by atoms with van der Waals surface area (Å²) in [7, 11) is 0.